The maximum absolute atomic E-state index is 13.5. The molecule has 0 bridgehead atoms. The number of hydrogen-bond donors (Lipinski definition) is 0. The van der Waals surface area contributed by atoms with Crippen molar-refractivity contribution in [2.75, 3.05) is 0 Å². The van der Waals surface area contributed by atoms with Crippen molar-refractivity contribution in [2.24, 2.45) is 11.3 Å². The van der Waals surface area contributed by atoms with E-state index in [2.05, 4.69) is 43.6 Å². The molecule has 0 saturated carbocycles. The first kappa shape index (κ1) is 15.6. The maximum Gasteiger partial charge on any atom is 0.129 e. The van der Waals surface area contributed by atoms with Crippen molar-refractivity contribution in [3.05, 3.63) is 35.4 Å². The maximum atomic E-state index is 13.5. The van der Waals surface area contributed by atoms with Crippen LogP contribution in [0.2, 0.25) is 0 Å². The Labute approximate surface area is 117 Å². The van der Waals surface area contributed by atoms with Gasteiger partial charge in [0.1, 0.15) is 11.6 Å². The molecule has 0 saturated heterocycles. The molecule has 0 aliphatic rings. The van der Waals surface area contributed by atoms with E-state index in [-0.39, 0.29) is 10.2 Å². The van der Waals surface area contributed by atoms with Gasteiger partial charge in [0.05, 0.1) is 0 Å². The number of benzene rings is 1. The van der Waals surface area contributed by atoms with Crippen LogP contribution in [0.3, 0.4) is 0 Å². The summed E-state index contributed by atoms with van der Waals surface area (Å²) in [6, 6.07) is 3.79. The molecule has 1 aromatic carbocycles. The highest BCUT2D eigenvalue weighted by molar-refractivity contribution is 9.09. The van der Waals surface area contributed by atoms with E-state index in [1.807, 2.05) is 0 Å². The number of alkyl halides is 1. The van der Waals surface area contributed by atoms with E-state index in [0.29, 0.717) is 17.9 Å². The van der Waals surface area contributed by atoms with Crippen LogP contribution in [0.25, 0.3) is 0 Å². The molecule has 1 aromatic rings. The molecular formula is C15H21BrF2. The molecule has 0 aromatic heterocycles. The fourth-order valence-electron chi connectivity index (χ4n) is 1.75. The Hall–Kier alpha value is -0.440. The number of rotatable bonds is 4. The second-order valence-electron chi connectivity index (χ2n) is 6.04. The van der Waals surface area contributed by atoms with Gasteiger partial charge < -0.3 is 0 Å². The van der Waals surface area contributed by atoms with Gasteiger partial charge in [-0.1, -0.05) is 49.7 Å². The molecule has 0 spiro atoms. The summed E-state index contributed by atoms with van der Waals surface area (Å²) >= 11 is 3.60. The van der Waals surface area contributed by atoms with E-state index >= 15 is 0 Å². The van der Waals surface area contributed by atoms with Gasteiger partial charge in [-0.05, 0) is 35.8 Å². The molecule has 2 unspecified atom stereocenters. The van der Waals surface area contributed by atoms with Crippen LogP contribution < -0.4 is 0 Å². The van der Waals surface area contributed by atoms with Crippen LogP contribution in [-0.4, -0.2) is 4.83 Å². The number of halogens is 3. The van der Waals surface area contributed by atoms with Crippen LogP contribution in [-0.2, 0) is 6.42 Å². The highest BCUT2D eigenvalue weighted by Gasteiger charge is 2.23. The molecule has 18 heavy (non-hydrogen) atoms. The van der Waals surface area contributed by atoms with Gasteiger partial charge in [0.2, 0.25) is 0 Å². The third-order valence-electron chi connectivity index (χ3n) is 3.54. The summed E-state index contributed by atoms with van der Waals surface area (Å²) in [5.41, 5.74) is 0.812. The van der Waals surface area contributed by atoms with E-state index in [4.69, 9.17) is 0 Å². The third kappa shape index (κ3) is 4.68. The topological polar surface area (TPSA) is 0 Å². The van der Waals surface area contributed by atoms with Gasteiger partial charge >= 0.3 is 0 Å². The predicted molar refractivity (Wildman–Crippen MR) is 76.0 cm³/mol. The first-order valence-corrected chi connectivity index (χ1v) is 7.19. The van der Waals surface area contributed by atoms with E-state index in [1.54, 1.807) is 0 Å². The Morgan fingerprint density at radius 2 is 1.83 bits per heavy atom. The summed E-state index contributed by atoms with van der Waals surface area (Å²) in [6.45, 7) is 8.82. The molecular weight excluding hydrogens is 298 g/mol. The standard InChI is InChI=1S/C15H21BrF2/c1-10(15(2,3)4)7-12(16)8-11-5-6-13(17)9-14(11)18/h5-6,9-10,12H,7-8H2,1-4H3. The predicted octanol–water partition coefficient (Wildman–Crippen LogP) is 5.34. The summed E-state index contributed by atoms with van der Waals surface area (Å²) in [5, 5.41) is 0. The molecule has 0 nitrogen and oxygen atoms in total. The second-order valence-corrected chi connectivity index (χ2v) is 7.33. The molecule has 0 amide bonds. The highest BCUT2D eigenvalue weighted by Crippen LogP contribution is 2.32. The Balaban J connectivity index is 2.62. The van der Waals surface area contributed by atoms with Gasteiger partial charge in [-0.3, -0.25) is 0 Å². The van der Waals surface area contributed by atoms with Gasteiger partial charge in [0.25, 0.3) is 0 Å². The summed E-state index contributed by atoms with van der Waals surface area (Å²) in [7, 11) is 0. The van der Waals surface area contributed by atoms with Gasteiger partial charge in [-0.2, -0.15) is 0 Å². The normalized spacial score (nSPS) is 15.5. The third-order valence-corrected chi connectivity index (χ3v) is 4.24. The van der Waals surface area contributed by atoms with Crippen molar-refractivity contribution < 1.29 is 8.78 Å². The minimum absolute atomic E-state index is 0.215. The van der Waals surface area contributed by atoms with Crippen molar-refractivity contribution in [2.45, 2.75) is 45.4 Å². The molecule has 0 heterocycles. The molecule has 0 fully saturated rings. The van der Waals surface area contributed by atoms with E-state index in [1.165, 1.54) is 12.1 Å². The summed E-state index contributed by atoms with van der Waals surface area (Å²) in [5.74, 6) is -0.446. The Bertz CT molecular complexity index is 396. The van der Waals surface area contributed by atoms with Gasteiger partial charge in [-0.15, -0.1) is 0 Å². The average Bonchev–Trinajstić information content (AvgIpc) is 2.20. The molecule has 2 atom stereocenters. The van der Waals surface area contributed by atoms with Gasteiger partial charge in [0.15, 0.2) is 0 Å². The lowest BCUT2D eigenvalue weighted by Crippen LogP contribution is -2.21. The molecule has 1 rings (SSSR count). The minimum atomic E-state index is -0.523. The fraction of sp³-hybridized carbons (Fsp3) is 0.600. The average molecular weight is 319 g/mol. The molecule has 0 aliphatic heterocycles. The fourth-order valence-corrected chi connectivity index (χ4v) is 2.66. The van der Waals surface area contributed by atoms with Crippen molar-refractivity contribution in [1.82, 2.24) is 0 Å². The molecule has 0 aliphatic carbocycles. The Morgan fingerprint density at radius 1 is 1.22 bits per heavy atom. The molecule has 0 radical (unpaired) electrons. The molecule has 3 heteroatoms. The molecule has 0 N–H and O–H groups in total. The van der Waals surface area contributed by atoms with Crippen LogP contribution in [0.1, 0.15) is 39.7 Å². The van der Waals surface area contributed by atoms with Crippen LogP contribution >= 0.6 is 15.9 Å². The van der Waals surface area contributed by atoms with Crippen LogP contribution in [0, 0.1) is 23.0 Å². The van der Waals surface area contributed by atoms with E-state index in [0.717, 1.165) is 12.5 Å². The van der Waals surface area contributed by atoms with E-state index in [9.17, 15) is 8.78 Å². The smallest absolute Gasteiger partial charge is 0.129 e. The lowest BCUT2D eigenvalue weighted by Gasteiger charge is -2.29. The Morgan fingerprint density at radius 3 is 2.33 bits per heavy atom. The second kappa shape index (κ2) is 6.14. The zero-order valence-corrected chi connectivity index (χ0v) is 13.0. The highest BCUT2D eigenvalue weighted by atomic mass is 79.9. The zero-order valence-electron chi connectivity index (χ0n) is 11.4. The van der Waals surface area contributed by atoms with Crippen molar-refractivity contribution in [1.29, 1.82) is 0 Å². The summed E-state index contributed by atoms with van der Waals surface area (Å²) in [6.07, 6.45) is 1.56. The first-order valence-electron chi connectivity index (χ1n) is 6.28. The zero-order chi connectivity index (χ0) is 13.9. The lowest BCUT2D eigenvalue weighted by molar-refractivity contribution is 0.246. The van der Waals surface area contributed by atoms with E-state index < -0.39 is 11.6 Å². The summed E-state index contributed by atoms with van der Waals surface area (Å²) < 4.78 is 26.3. The molecule has 102 valence electrons. The summed E-state index contributed by atoms with van der Waals surface area (Å²) in [4.78, 5) is 0.215. The van der Waals surface area contributed by atoms with Crippen molar-refractivity contribution >= 4 is 15.9 Å². The lowest BCUT2D eigenvalue weighted by atomic mass is 9.79. The van der Waals surface area contributed by atoms with Gasteiger partial charge in [-0.25, -0.2) is 8.78 Å². The largest absolute Gasteiger partial charge is 0.207 e. The number of hydrogen-bond acceptors (Lipinski definition) is 0. The minimum Gasteiger partial charge on any atom is -0.207 e. The van der Waals surface area contributed by atoms with Crippen LogP contribution in [0.15, 0.2) is 18.2 Å². The quantitative estimate of drug-likeness (QED) is 0.657. The monoisotopic (exact) mass is 318 g/mol. The Kier molecular flexibility index (Phi) is 5.32. The van der Waals surface area contributed by atoms with Crippen molar-refractivity contribution in [3.8, 4) is 0 Å². The van der Waals surface area contributed by atoms with Crippen molar-refractivity contribution in [3.63, 3.8) is 0 Å². The van der Waals surface area contributed by atoms with Gasteiger partial charge in [0, 0.05) is 10.9 Å². The SMILES string of the molecule is CC(CC(Br)Cc1ccc(F)cc1F)C(C)(C)C. The van der Waals surface area contributed by atoms with Crippen LogP contribution in [0.5, 0.6) is 0 Å². The first-order chi connectivity index (χ1) is 8.20. The van der Waals surface area contributed by atoms with Crippen LogP contribution in [0.4, 0.5) is 8.78 Å².